The molecule has 1 aromatic carbocycles. The predicted molar refractivity (Wildman–Crippen MR) is 154 cm³/mol. The van der Waals surface area contributed by atoms with Gasteiger partial charge in [-0.3, -0.25) is 4.90 Å². The molecule has 1 saturated heterocycles. The van der Waals surface area contributed by atoms with E-state index in [-0.39, 0.29) is 0 Å². The van der Waals surface area contributed by atoms with Gasteiger partial charge in [0.25, 0.3) is 0 Å². The van der Waals surface area contributed by atoms with Crippen molar-refractivity contribution in [2.75, 3.05) is 111 Å². The number of unbranched alkanes of at least 4 members (excludes halogenated alkanes) is 1. The number of hydrogen-bond donors (Lipinski definition) is 0. The maximum atomic E-state index is 5.81. The molecule has 3 rings (SSSR count). The van der Waals surface area contributed by atoms with E-state index in [0.717, 1.165) is 63.6 Å². The quantitative estimate of drug-likeness (QED) is 0.188. The van der Waals surface area contributed by atoms with Crippen molar-refractivity contribution in [3.05, 3.63) is 47.3 Å². The van der Waals surface area contributed by atoms with Crippen LogP contribution >= 0.6 is 0 Å². The topological polar surface area (TPSA) is 87.9 Å². The van der Waals surface area contributed by atoms with Gasteiger partial charge < -0.3 is 37.8 Å². The van der Waals surface area contributed by atoms with Crippen LogP contribution in [0, 0.1) is 6.92 Å². The van der Waals surface area contributed by atoms with Crippen molar-refractivity contribution in [2.24, 2.45) is 0 Å². The highest BCUT2D eigenvalue weighted by molar-refractivity contribution is 5.47. The van der Waals surface area contributed by atoms with Crippen molar-refractivity contribution >= 4 is 5.69 Å². The first-order valence-electron chi connectivity index (χ1n) is 14.6. The van der Waals surface area contributed by atoms with E-state index in [2.05, 4.69) is 46.1 Å². The molecule has 0 spiro atoms. The largest absolute Gasteiger partial charge is 0.382 e. The molecule has 0 bridgehead atoms. The average molecular weight is 564 g/mol. The zero-order chi connectivity index (χ0) is 28.1. The van der Waals surface area contributed by atoms with Gasteiger partial charge in [-0.05, 0) is 38.4 Å². The van der Waals surface area contributed by atoms with Crippen molar-refractivity contribution in [2.45, 2.75) is 32.8 Å². The second kappa shape index (κ2) is 20.8. The zero-order valence-electron chi connectivity index (χ0n) is 24.5. The van der Waals surface area contributed by atoms with Crippen LogP contribution in [-0.2, 0) is 41.4 Å². The van der Waals surface area contributed by atoms with Crippen LogP contribution in [0.3, 0.4) is 0 Å². The lowest BCUT2D eigenvalue weighted by atomic mass is 10.2. The Morgan fingerprint density at radius 1 is 0.725 bits per heavy atom. The molecule has 0 amide bonds. The summed E-state index contributed by atoms with van der Waals surface area (Å²) >= 11 is 0. The molecule has 0 aliphatic carbocycles. The molecule has 1 aromatic heterocycles. The highest BCUT2D eigenvalue weighted by Crippen LogP contribution is 2.17. The van der Waals surface area contributed by atoms with E-state index in [1.54, 1.807) is 7.11 Å². The zero-order valence-corrected chi connectivity index (χ0v) is 24.5. The van der Waals surface area contributed by atoms with Crippen molar-refractivity contribution < 1.29 is 32.9 Å². The third-order valence-corrected chi connectivity index (χ3v) is 6.68. The van der Waals surface area contributed by atoms with Crippen LogP contribution in [-0.4, -0.2) is 116 Å². The maximum Gasteiger partial charge on any atom is 0.139 e. The van der Waals surface area contributed by atoms with Crippen LogP contribution in [0.15, 0.2) is 34.9 Å². The van der Waals surface area contributed by atoms with E-state index < -0.39 is 0 Å². The monoisotopic (exact) mass is 563 g/mol. The maximum absolute atomic E-state index is 5.81. The number of methoxy groups -OCH3 is 1. The summed E-state index contributed by atoms with van der Waals surface area (Å²) in [6, 6.07) is 10.8. The Balaban J connectivity index is 1.09. The Morgan fingerprint density at radius 3 is 2.00 bits per heavy atom. The molecule has 0 atom stereocenters. The van der Waals surface area contributed by atoms with Gasteiger partial charge in [0.2, 0.25) is 0 Å². The summed E-state index contributed by atoms with van der Waals surface area (Å²) in [4.78, 5) is 5.04. The number of benzene rings is 1. The molecule has 1 fully saturated rings. The summed E-state index contributed by atoms with van der Waals surface area (Å²) in [6.45, 7) is 13.9. The molecule has 1 aliphatic rings. The van der Waals surface area contributed by atoms with Crippen molar-refractivity contribution in [1.82, 2.24) is 10.1 Å². The first-order chi connectivity index (χ1) is 19.7. The van der Waals surface area contributed by atoms with Crippen LogP contribution < -0.4 is 4.90 Å². The summed E-state index contributed by atoms with van der Waals surface area (Å²) in [7, 11) is 1.65. The summed E-state index contributed by atoms with van der Waals surface area (Å²) in [5, 5.41) is 4.11. The molecule has 10 heteroatoms. The highest BCUT2D eigenvalue weighted by atomic mass is 16.6. The fraction of sp³-hybridized carbons (Fsp3) is 0.700. The molecule has 0 saturated carbocycles. The van der Waals surface area contributed by atoms with E-state index in [4.69, 9.17) is 32.9 Å². The molecule has 10 nitrogen and oxygen atoms in total. The van der Waals surface area contributed by atoms with E-state index in [0.29, 0.717) is 72.5 Å². The molecule has 40 heavy (non-hydrogen) atoms. The minimum Gasteiger partial charge on any atom is -0.382 e. The van der Waals surface area contributed by atoms with Gasteiger partial charge in [-0.15, -0.1) is 0 Å². The predicted octanol–water partition coefficient (Wildman–Crippen LogP) is 3.36. The fourth-order valence-electron chi connectivity index (χ4n) is 4.32. The van der Waals surface area contributed by atoms with E-state index >= 15 is 0 Å². The first-order valence-corrected chi connectivity index (χ1v) is 14.6. The van der Waals surface area contributed by atoms with Crippen LogP contribution in [0.2, 0.25) is 0 Å². The Morgan fingerprint density at radius 2 is 1.35 bits per heavy atom. The Bertz CT molecular complexity index is 872. The number of aryl methyl sites for hydroxylation is 1. The van der Waals surface area contributed by atoms with E-state index in [1.807, 2.05) is 6.07 Å². The van der Waals surface area contributed by atoms with Gasteiger partial charge in [-0.2, -0.15) is 0 Å². The third kappa shape index (κ3) is 14.0. The lowest BCUT2D eigenvalue weighted by molar-refractivity contribution is -0.00776. The van der Waals surface area contributed by atoms with E-state index in [9.17, 15) is 0 Å². The van der Waals surface area contributed by atoms with Crippen molar-refractivity contribution in [1.29, 1.82) is 0 Å². The molecular formula is C30H49N3O7. The molecular weight excluding hydrogens is 514 g/mol. The van der Waals surface area contributed by atoms with Crippen molar-refractivity contribution in [3.63, 3.8) is 0 Å². The number of piperazine rings is 1. The smallest absolute Gasteiger partial charge is 0.139 e. The number of aromatic nitrogens is 1. The Hall–Kier alpha value is -2.05. The summed E-state index contributed by atoms with van der Waals surface area (Å²) in [5.41, 5.74) is 3.47. The normalized spacial score (nSPS) is 14.3. The van der Waals surface area contributed by atoms with Crippen LogP contribution in [0.1, 0.15) is 29.9 Å². The molecule has 2 heterocycles. The number of rotatable bonds is 23. The Labute approximate surface area is 239 Å². The summed E-state index contributed by atoms with van der Waals surface area (Å²) in [5.74, 6) is 0.811. The molecule has 0 unspecified atom stereocenters. The van der Waals surface area contributed by atoms with Crippen molar-refractivity contribution in [3.8, 4) is 0 Å². The third-order valence-electron chi connectivity index (χ3n) is 6.68. The fourth-order valence-corrected chi connectivity index (χ4v) is 4.32. The number of hydrogen-bond acceptors (Lipinski definition) is 10. The van der Waals surface area contributed by atoms with Crippen LogP contribution in [0.25, 0.3) is 0 Å². The van der Waals surface area contributed by atoms with Gasteiger partial charge in [0.1, 0.15) is 11.5 Å². The minimum atomic E-state index is 0.481. The molecule has 0 radical (unpaired) electrons. The van der Waals surface area contributed by atoms with Crippen LogP contribution in [0.4, 0.5) is 5.69 Å². The number of anilines is 1. The molecule has 226 valence electrons. The lowest BCUT2D eigenvalue weighted by Gasteiger charge is -2.36. The summed E-state index contributed by atoms with van der Waals surface area (Å²) in [6.07, 6.45) is 2.87. The highest BCUT2D eigenvalue weighted by Gasteiger charge is 2.16. The SMILES string of the molecule is COCCOCCOCCOCCOCCc1cc(COCCCCN2CCN(c3ccc(C)cc3)CC2)no1. The Kier molecular flexibility index (Phi) is 16.9. The standard InChI is InChI=1S/C30H49N3O7/c1-27-5-7-29(8-6-27)33-13-11-32(12-14-33)10-3-4-15-39-26-28-25-30(40-31-28)9-16-35-19-20-37-23-24-38-22-21-36-18-17-34-2/h5-8,25H,3-4,9-24,26H2,1-2H3. The van der Waals surface area contributed by atoms with Gasteiger partial charge in [0.15, 0.2) is 0 Å². The molecule has 2 aromatic rings. The number of nitrogens with zero attached hydrogens (tertiary/aromatic N) is 3. The van der Waals surface area contributed by atoms with Gasteiger partial charge in [-0.25, -0.2) is 0 Å². The second-order valence-electron chi connectivity index (χ2n) is 9.90. The average Bonchev–Trinajstić information content (AvgIpc) is 3.43. The lowest BCUT2D eigenvalue weighted by Crippen LogP contribution is -2.46. The van der Waals surface area contributed by atoms with Crippen LogP contribution in [0.5, 0.6) is 0 Å². The van der Waals surface area contributed by atoms with Gasteiger partial charge in [-0.1, -0.05) is 22.9 Å². The first kappa shape index (κ1) is 32.5. The number of ether oxygens (including phenoxy) is 6. The minimum absolute atomic E-state index is 0.481. The van der Waals surface area contributed by atoms with Gasteiger partial charge >= 0.3 is 0 Å². The second-order valence-corrected chi connectivity index (χ2v) is 9.90. The van der Waals surface area contributed by atoms with Gasteiger partial charge in [0, 0.05) is 58.1 Å². The van der Waals surface area contributed by atoms with E-state index in [1.165, 1.54) is 11.3 Å². The molecule has 1 aliphatic heterocycles. The molecule has 0 N–H and O–H groups in total. The van der Waals surface area contributed by atoms with Gasteiger partial charge in [0.05, 0.1) is 66.1 Å². The summed E-state index contributed by atoms with van der Waals surface area (Å²) < 4.78 is 38.0.